The summed E-state index contributed by atoms with van der Waals surface area (Å²) in [4.78, 5) is 9.50. The zero-order chi connectivity index (χ0) is 17.6. The van der Waals surface area contributed by atoms with Crippen molar-refractivity contribution in [3.63, 3.8) is 0 Å². The molecule has 0 bridgehead atoms. The SMILES string of the molecule is CN=C(NCCC(F)(F)F)NCc1sc(-c2ccccc2)nc1C.I. The van der Waals surface area contributed by atoms with E-state index < -0.39 is 12.6 Å². The molecule has 1 aromatic heterocycles. The number of aliphatic imine (C=N–C) groups is 1. The molecule has 0 unspecified atom stereocenters. The highest BCUT2D eigenvalue weighted by atomic mass is 127. The molecule has 138 valence electrons. The van der Waals surface area contributed by atoms with Gasteiger partial charge in [-0.15, -0.1) is 35.3 Å². The maximum Gasteiger partial charge on any atom is 0.390 e. The highest BCUT2D eigenvalue weighted by Crippen LogP contribution is 2.27. The number of hydrogen-bond acceptors (Lipinski definition) is 3. The van der Waals surface area contributed by atoms with Gasteiger partial charge in [0.05, 0.1) is 18.7 Å². The van der Waals surface area contributed by atoms with Crippen LogP contribution in [-0.2, 0) is 6.54 Å². The summed E-state index contributed by atoms with van der Waals surface area (Å²) in [6.45, 7) is 2.17. The smallest absolute Gasteiger partial charge is 0.356 e. The number of halogens is 4. The van der Waals surface area contributed by atoms with Crippen LogP contribution in [-0.4, -0.2) is 30.7 Å². The molecule has 0 aliphatic heterocycles. The number of aromatic nitrogens is 1. The Morgan fingerprint density at radius 3 is 2.48 bits per heavy atom. The molecule has 2 aromatic rings. The van der Waals surface area contributed by atoms with Gasteiger partial charge >= 0.3 is 6.18 Å². The Bertz CT molecular complexity index is 686. The number of hydrogen-bond donors (Lipinski definition) is 2. The predicted octanol–water partition coefficient (Wildman–Crippen LogP) is 4.35. The van der Waals surface area contributed by atoms with Crippen molar-refractivity contribution in [2.24, 2.45) is 4.99 Å². The molecule has 2 N–H and O–H groups in total. The number of aryl methyl sites for hydroxylation is 1. The molecule has 25 heavy (non-hydrogen) atoms. The van der Waals surface area contributed by atoms with Gasteiger partial charge in [0, 0.05) is 24.0 Å². The molecule has 0 atom stereocenters. The highest BCUT2D eigenvalue weighted by Gasteiger charge is 2.26. The molecule has 0 aliphatic carbocycles. The Morgan fingerprint density at radius 1 is 1.20 bits per heavy atom. The standard InChI is InChI=1S/C16H19F3N4S.HI/c1-11-13(24-14(23-11)12-6-4-3-5-7-12)10-22-15(20-2)21-9-8-16(17,18)19;/h3-7H,8-10H2,1-2H3,(H2,20,21,22);1H. The third-order valence-corrected chi connectivity index (χ3v) is 4.46. The number of thiazole rings is 1. The summed E-state index contributed by atoms with van der Waals surface area (Å²) < 4.78 is 36.5. The molecule has 9 heteroatoms. The van der Waals surface area contributed by atoms with Gasteiger partial charge in [0.25, 0.3) is 0 Å². The molecule has 0 fully saturated rings. The molecular weight excluding hydrogens is 464 g/mol. The summed E-state index contributed by atoms with van der Waals surface area (Å²) in [7, 11) is 1.53. The number of alkyl halides is 3. The summed E-state index contributed by atoms with van der Waals surface area (Å²) in [6.07, 6.45) is -5.07. The molecule has 1 aromatic carbocycles. The summed E-state index contributed by atoms with van der Waals surface area (Å²) in [5, 5.41) is 6.60. The second-order valence-corrected chi connectivity index (χ2v) is 6.19. The first kappa shape index (κ1) is 21.7. The van der Waals surface area contributed by atoms with E-state index in [-0.39, 0.29) is 30.5 Å². The summed E-state index contributed by atoms with van der Waals surface area (Å²) in [5.74, 6) is 0.341. The van der Waals surface area contributed by atoms with Crippen molar-refractivity contribution >= 4 is 41.3 Å². The lowest BCUT2D eigenvalue weighted by Crippen LogP contribution is -2.38. The van der Waals surface area contributed by atoms with Gasteiger partial charge in [0.15, 0.2) is 5.96 Å². The third kappa shape index (κ3) is 7.18. The van der Waals surface area contributed by atoms with E-state index in [1.165, 1.54) is 7.05 Å². The first-order chi connectivity index (χ1) is 11.4. The first-order valence-corrected chi connectivity index (χ1v) is 8.23. The fourth-order valence-electron chi connectivity index (χ4n) is 2.00. The van der Waals surface area contributed by atoms with E-state index in [2.05, 4.69) is 20.6 Å². The van der Waals surface area contributed by atoms with E-state index in [9.17, 15) is 13.2 Å². The largest absolute Gasteiger partial charge is 0.390 e. The monoisotopic (exact) mass is 484 g/mol. The van der Waals surface area contributed by atoms with Crippen LogP contribution in [0.2, 0.25) is 0 Å². The lowest BCUT2D eigenvalue weighted by molar-refractivity contribution is -0.132. The van der Waals surface area contributed by atoms with Crippen molar-refractivity contribution in [1.82, 2.24) is 15.6 Å². The van der Waals surface area contributed by atoms with Gasteiger partial charge in [-0.3, -0.25) is 4.99 Å². The summed E-state index contributed by atoms with van der Waals surface area (Å²) >= 11 is 1.56. The molecule has 0 aliphatic rings. The molecular formula is C16H20F3IN4S. The zero-order valence-corrected chi connectivity index (χ0v) is 17.0. The van der Waals surface area contributed by atoms with Crippen molar-refractivity contribution in [3.05, 3.63) is 40.9 Å². The number of nitrogens with zero attached hydrogens (tertiary/aromatic N) is 2. The minimum Gasteiger partial charge on any atom is -0.356 e. The second-order valence-electron chi connectivity index (χ2n) is 5.11. The maximum atomic E-state index is 12.2. The Morgan fingerprint density at radius 2 is 1.88 bits per heavy atom. The lowest BCUT2D eigenvalue weighted by atomic mass is 10.2. The normalized spacial score (nSPS) is 11.8. The Hall–Kier alpha value is -1.36. The van der Waals surface area contributed by atoms with Crippen molar-refractivity contribution in [1.29, 1.82) is 0 Å². The molecule has 2 rings (SSSR count). The number of benzene rings is 1. The number of rotatable bonds is 5. The van der Waals surface area contributed by atoms with Crippen molar-refractivity contribution in [2.75, 3.05) is 13.6 Å². The van der Waals surface area contributed by atoms with Crippen molar-refractivity contribution < 1.29 is 13.2 Å². The Balaban J connectivity index is 0.00000312. The van der Waals surface area contributed by atoms with Crippen LogP contribution >= 0.6 is 35.3 Å². The maximum absolute atomic E-state index is 12.2. The van der Waals surface area contributed by atoms with E-state index in [4.69, 9.17) is 0 Å². The van der Waals surface area contributed by atoms with Gasteiger partial charge in [-0.05, 0) is 6.92 Å². The highest BCUT2D eigenvalue weighted by molar-refractivity contribution is 14.0. The first-order valence-electron chi connectivity index (χ1n) is 7.42. The lowest BCUT2D eigenvalue weighted by Gasteiger charge is -2.12. The average Bonchev–Trinajstić information content (AvgIpc) is 2.91. The van der Waals surface area contributed by atoms with Crippen LogP contribution in [0.15, 0.2) is 35.3 Å². The van der Waals surface area contributed by atoms with Gasteiger partial charge in [0.1, 0.15) is 5.01 Å². The van der Waals surface area contributed by atoms with E-state index in [1.807, 2.05) is 37.3 Å². The van der Waals surface area contributed by atoms with Crippen LogP contribution in [0, 0.1) is 6.92 Å². The quantitative estimate of drug-likeness (QED) is 0.377. The van der Waals surface area contributed by atoms with Gasteiger partial charge in [-0.1, -0.05) is 30.3 Å². The molecule has 4 nitrogen and oxygen atoms in total. The second kappa shape index (κ2) is 9.95. The Kier molecular flexibility index (Phi) is 8.63. The third-order valence-electron chi connectivity index (χ3n) is 3.25. The zero-order valence-electron chi connectivity index (χ0n) is 13.9. The van der Waals surface area contributed by atoms with E-state index in [0.717, 1.165) is 21.1 Å². The van der Waals surface area contributed by atoms with Crippen LogP contribution in [0.5, 0.6) is 0 Å². The van der Waals surface area contributed by atoms with Gasteiger partial charge in [-0.25, -0.2) is 4.98 Å². The van der Waals surface area contributed by atoms with Crippen LogP contribution in [0.4, 0.5) is 13.2 Å². The summed E-state index contributed by atoms with van der Waals surface area (Å²) in [5.41, 5.74) is 1.95. The molecule has 0 spiro atoms. The van der Waals surface area contributed by atoms with Crippen molar-refractivity contribution in [3.8, 4) is 10.6 Å². The average molecular weight is 484 g/mol. The minimum atomic E-state index is -4.18. The number of nitrogens with one attached hydrogen (secondary N) is 2. The summed E-state index contributed by atoms with van der Waals surface area (Å²) in [6, 6.07) is 9.84. The molecule has 1 heterocycles. The van der Waals surface area contributed by atoms with Crippen LogP contribution in [0.3, 0.4) is 0 Å². The van der Waals surface area contributed by atoms with Gasteiger partial charge < -0.3 is 10.6 Å². The predicted molar refractivity (Wildman–Crippen MR) is 107 cm³/mol. The van der Waals surface area contributed by atoms with Crippen LogP contribution in [0.1, 0.15) is 17.0 Å². The molecule has 0 amide bonds. The topological polar surface area (TPSA) is 49.3 Å². The fourth-order valence-corrected chi connectivity index (χ4v) is 3.01. The minimum absolute atomic E-state index is 0. The molecule has 0 radical (unpaired) electrons. The van der Waals surface area contributed by atoms with E-state index >= 15 is 0 Å². The number of guanidine groups is 1. The van der Waals surface area contributed by atoms with E-state index in [1.54, 1.807) is 11.3 Å². The van der Waals surface area contributed by atoms with E-state index in [0.29, 0.717) is 12.5 Å². The van der Waals surface area contributed by atoms with Crippen LogP contribution in [0.25, 0.3) is 10.6 Å². The molecule has 0 saturated carbocycles. The van der Waals surface area contributed by atoms with Crippen molar-refractivity contribution in [2.45, 2.75) is 26.1 Å². The van der Waals surface area contributed by atoms with Crippen LogP contribution < -0.4 is 10.6 Å². The van der Waals surface area contributed by atoms with Gasteiger partial charge in [-0.2, -0.15) is 13.2 Å². The van der Waals surface area contributed by atoms with Gasteiger partial charge in [0.2, 0.25) is 0 Å². The Labute approximate surface area is 166 Å². The fraction of sp³-hybridized carbons (Fsp3) is 0.375. The molecule has 0 saturated heterocycles.